The molecule has 0 aliphatic heterocycles. The summed E-state index contributed by atoms with van der Waals surface area (Å²) in [4.78, 5) is 25.6. The van der Waals surface area contributed by atoms with Crippen molar-refractivity contribution in [3.8, 4) is 29.2 Å². The molecule has 0 fully saturated rings. The lowest BCUT2D eigenvalue weighted by atomic mass is 10.2. The van der Waals surface area contributed by atoms with Crippen LogP contribution in [-0.2, 0) is 19.3 Å². The van der Waals surface area contributed by atoms with E-state index in [1.807, 2.05) is 6.07 Å². The number of rotatable bonds is 11. The zero-order valence-electron chi connectivity index (χ0n) is 24.3. The van der Waals surface area contributed by atoms with Gasteiger partial charge >= 0.3 is 6.18 Å². The molecule has 2 aromatic carbocycles. The first kappa shape index (κ1) is 33.4. The second-order valence-electron chi connectivity index (χ2n) is 9.51. The molecule has 0 amide bonds. The highest BCUT2D eigenvalue weighted by atomic mass is 35.5. The van der Waals surface area contributed by atoms with Crippen LogP contribution in [0.2, 0.25) is 5.02 Å². The van der Waals surface area contributed by atoms with E-state index in [4.69, 9.17) is 25.8 Å². The smallest absolute Gasteiger partial charge is 0.437 e. The van der Waals surface area contributed by atoms with Gasteiger partial charge in [-0.1, -0.05) is 36.4 Å². The van der Waals surface area contributed by atoms with E-state index in [0.717, 1.165) is 28.3 Å². The minimum atomic E-state index is -5.05. The SMILES string of the molecule is C=C/C(F)=C\C=C(/C)c1ncc(Cn2cnc(C(F)(F)F)c(Oc3cc(Cl)cc(C#N)c3)c2=O)c(OCc2ccc(OC)cc2)n1. The minimum absolute atomic E-state index is 0.00299. The quantitative estimate of drug-likeness (QED) is 0.121. The van der Waals surface area contributed by atoms with E-state index in [-0.39, 0.29) is 46.8 Å². The number of halogens is 5. The Kier molecular flexibility index (Phi) is 10.6. The number of benzene rings is 2. The summed E-state index contributed by atoms with van der Waals surface area (Å²) in [6.07, 6.45) is 0.626. The summed E-state index contributed by atoms with van der Waals surface area (Å²) >= 11 is 5.97. The molecular weight excluding hydrogens is 630 g/mol. The highest BCUT2D eigenvalue weighted by Crippen LogP contribution is 2.35. The standard InChI is InChI=1S/C32H24ClF4N5O4/c1-4-24(34)8-5-19(2)29-39-15-22(30(41-29)45-17-20-6-9-25(44-3)10-7-20)16-42-18-40-28(32(35,36)37)27(31(42)43)46-26-12-21(14-38)11-23(33)13-26/h4-13,15,18H,1,16-17H2,2-3H3/b19-5+,24-8+. The first-order valence-corrected chi connectivity index (χ1v) is 13.6. The second kappa shape index (κ2) is 14.5. The molecule has 2 aromatic heterocycles. The van der Waals surface area contributed by atoms with Crippen LogP contribution in [0.1, 0.15) is 35.1 Å². The van der Waals surface area contributed by atoms with Gasteiger partial charge in [-0.2, -0.15) is 23.4 Å². The van der Waals surface area contributed by atoms with Crippen LogP contribution in [0.4, 0.5) is 17.6 Å². The molecular formula is C32H24ClF4N5O4. The van der Waals surface area contributed by atoms with Crippen LogP contribution in [0.15, 0.2) is 90.4 Å². The molecule has 46 heavy (non-hydrogen) atoms. The molecule has 4 rings (SSSR count). The van der Waals surface area contributed by atoms with Crippen LogP contribution in [0.5, 0.6) is 23.1 Å². The number of nitriles is 1. The molecule has 2 heterocycles. The van der Waals surface area contributed by atoms with E-state index in [9.17, 15) is 27.6 Å². The Balaban J connectivity index is 1.76. The van der Waals surface area contributed by atoms with Gasteiger partial charge in [-0.05, 0) is 60.5 Å². The Bertz CT molecular complexity index is 1920. The number of hydrogen-bond donors (Lipinski definition) is 0. The first-order chi connectivity index (χ1) is 21.9. The first-order valence-electron chi connectivity index (χ1n) is 13.3. The zero-order valence-corrected chi connectivity index (χ0v) is 25.1. The normalized spacial score (nSPS) is 12.0. The molecule has 4 aromatic rings. The molecule has 14 heteroatoms. The van der Waals surface area contributed by atoms with Crippen LogP contribution >= 0.6 is 11.6 Å². The summed E-state index contributed by atoms with van der Waals surface area (Å²) in [5.41, 5.74) is -1.36. The van der Waals surface area contributed by atoms with Crippen molar-refractivity contribution in [1.29, 1.82) is 5.26 Å². The van der Waals surface area contributed by atoms with E-state index in [0.29, 0.717) is 17.6 Å². The number of nitrogens with zero attached hydrogens (tertiary/aromatic N) is 5. The zero-order chi connectivity index (χ0) is 33.4. The predicted octanol–water partition coefficient (Wildman–Crippen LogP) is 7.45. The fourth-order valence-corrected chi connectivity index (χ4v) is 4.12. The van der Waals surface area contributed by atoms with E-state index in [1.165, 1.54) is 31.5 Å². The monoisotopic (exact) mass is 653 g/mol. The van der Waals surface area contributed by atoms with E-state index >= 15 is 0 Å². The number of alkyl halides is 3. The Morgan fingerprint density at radius 1 is 1.13 bits per heavy atom. The lowest BCUT2D eigenvalue weighted by Crippen LogP contribution is -2.27. The molecule has 0 unspecified atom stereocenters. The maximum absolute atomic E-state index is 13.9. The van der Waals surface area contributed by atoms with Crippen molar-refractivity contribution in [2.24, 2.45) is 0 Å². The van der Waals surface area contributed by atoms with Gasteiger partial charge in [0.05, 0.1) is 37.2 Å². The third kappa shape index (κ3) is 8.36. The fourth-order valence-electron chi connectivity index (χ4n) is 3.90. The van der Waals surface area contributed by atoms with Crippen molar-refractivity contribution in [2.45, 2.75) is 26.3 Å². The fraction of sp³-hybridized carbons (Fsp3) is 0.156. The lowest BCUT2D eigenvalue weighted by molar-refractivity contribution is -0.142. The van der Waals surface area contributed by atoms with Gasteiger partial charge in [0.15, 0.2) is 11.5 Å². The number of allylic oxidation sites excluding steroid dienone is 5. The number of aromatic nitrogens is 4. The molecule has 0 saturated heterocycles. The number of hydrogen-bond acceptors (Lipinski definition) is 8. The molecule has 0 aliphatic carbocycles. The van der Waals surface area contributed by atoms with Crippen LogP contribution in [-0.4, -0.2) is 26.6 Å². The Morgan fingerprint density at radius 3 is 2.52 bits per heavy atom. The van der Waals surface area contributed by atoms with Gasteiger partial charge in [0.2, 0.25) is 11.6 Å². The molecule has 0 saturated carbocycles. The van der Waals surface area contributed by atoms with Crippen molar-refractivity contribution in [2.75, 3.05) is 7.11 Å². The maximum Gasteiger partial charge on any atom is 0.437 e. The highest BCUT2D eigenvalue weighted by Gasteiger charge is 2.39. The van der Waals surface area contributed by atoms with E-state index in [2.05, 4.69) is 21.5 Å². The largest absolute Gasteiger partial charge is 0.497 e. The van der Waals surface area contributed by atoms with Gasteiger partial charge in [0.25, 0.3) is 5.56 Å². The number of ether oxygens (including phenoxy) is 3. The van der Waals surface area contributed by atoms with Crippen LogP contribution in [0.25, 0.3) is 5.57 Å². The van der Waals surface area contributed by atoms with Crippen molar-refractivity contribution < 1.29 is 31.8 Å². The van der Waals surface area contributed by atoms with E-state index < -0.39 is 29.0 Å². The van der Waals surface area contributed by atoms with Crippen molar-refractivity contribution >= 4 is 17.2 Å². The van der Waals surface area contributed by atoms with Crippen LogP contribution < -0.4 is 19.8 Å². The molecule has 0 spiro atoms. The van der Waals surface area contributed by atoms with Crippen LogP contribution in [0, 0.1) is 11.3 Å². The molecule has 0 N–H and O–H groups in total. The Hall–Kier alpha value is -5.48. The molecule has 0 atom stereocenters. The summed E-state index contributed by atoms with van der Waals surface area (Å²) in [6.45, 7) is 4.64. The average molecular weight is 654 g/mol. The highest BCUT2D eigenvalue weighted by molar-refractivity contribution is 6.30. The van der Waals surface area contributed by atoms with Crippen molar-refractivity contribution in [1.82, 2.24) is 19.5 Å². The third-order valence-corrected chi connectivity index (χ3v) is 6.44. The average Bonchev–Trinajstić information content (AvgIpc) is 3.04. The Morgan fingerprint density at radius 2 is 1.87 bits per heavy atom. The van der Waals surface area contributed by atoms with Gasteiger partial charge in [0.1, 0.15) is 23.9 Å². The summed E-state index contributed by atoms with van der Waals surface area (Å²) in [5.74, 6) is -1.19. The summed E-state index contributed by atoms with van der Waals surface area (Å²) < 4.78 is 72.6. The van der Waals surface area contributed by atoms with Gasteiger partial charge in [0, 0.05) is 11.2 Å². The molecule has 0 bridgehead atoms. The number of methoxy groups -OCH3 is 1. The minimum Gasteiger partial charge on any atom is -0.497 e. The van der Waals surface area contributed by atoms with Gasteiger partial charge in [-0.3, -0.25) is 9.36 Å². The van der Waals surface area contributed by atoms with Gasteiger partial charge in [-0.15, -0.1) is 0 Å². The predicted molar refractivity (Wildman–Crippen MR) is 161 cm³/mol. The van der Waals surface area contributed by atoms with E-state index in [1.54, 1.807) is 31.2 Å². The van der Waals surface area contributed by atoms with Crippen molar-refractivity contribution in [3.05, 3.63) is 129 Å². The second-order valence-corrected chi connectivity index (χ2v) is 9.95. The molecule has 0 radical (unpaired) electrons. The molecule has 9 nitrogen and oxygen atoms in total. The van der Waals surface area contributed by atoms with Gasteiger partial charge < -0.3 is 14.2 Å². The lowest BCUT2D eigenvalue weighted by Gasteiger charge is -2.16. The van der Waals surface area contributed by atoms with Gasteiger partial charge in [-0.25, -0.2) is 14.4 Å². The summed E-state index contributed by atoms with van der Waals surface area (Å²) in [7, 11) is 1.53. The van der Waals surface area contributed by atoms with Crippen LogP contribution in [0.3, 0.4) is 0 Å². The third-order valence-electron chi connectivity index (χ3n) is 6.23. The summed E-state index contributed by atoms with van der Waals surface area (Å²) in [6, 6.07) is 12.4. The topological polar surface area (TPSA) is 112 Å². The molecule has 0 aliphatic rings. The van der Waals surface area contributed by atoms with Crippen molar-refractivity contribution in [3.63, 3.8) is 0 Å². The summed E-state index contributed by atoms with van der Waals surface area (Å²) in [5, 5.41) is 9.22. The Labute approximate surface area is 265 Å². The molecule has 236 valence electrons. The maximum atomic E-state index is 13.9.